The zero-order valence-corrected chi connectivity index (χ0v) is 16.4. The van der Waals surface area contributed by atoms with Gasteiger partial charge in [0, 0.05) is 37.4 Å². The van der Waals surface area contributed by atoms with Gasteiger partial charge in [0.2, 0.25) is 5.88 Å². The first-order chi connectivity index (χ1) is 13.9. The van der Waals surface area contributed by atoms with Crippen molar-refractivity contribution in [3.05, 3.63) is 47.7 Å². The fraction of sp³-hybridized carbons (Fsp3) is 0.429. The van der Waals surface area contributed by atoms with Gasteiger partial charge >= 0.3 is 6.18 Å². The highest BCUT2D eigenvalue weighted by atomic mass is 19.4. The Hall–Kier alpha value is -2.95. The maximum atomic E-state index is 13.4. The molecule has 29 heavy (non-hydrogen) atoms. The quantitative estimate of drug-likeness (QED) is 0.736. The van der Waals surface area contributed by atoms with Gasteiger partial charge in [-0.25, -0.2) is 4.98 Å². The van der Waals surface area contributed by atoms with Crippen LogP contribution in [0.2, 0.25) is 0 Å². The second kappa shape index (κ2) is 8.60. The molecule has 1 aliphatic heterocycles. The summed E-state index contributed by atoms with van der Waals surface area (Å²) in [5.41, 5.74) is 0.204. The molecule has 0 N–H and O–H groups in total. The molecular formula is C21H23F3N4O. The number of pyridine rings is 1. The SMILES string of the molecule is CCN(c1ccc(C#N)c(C(F)(F)F)c1)C1CCCN(c2ccc(OC)nc2)C1. The van der Waals surface area contributed by atoms with E-state index in [1.807, 2.05) is 17.9 Å². The smallest absolute Gasteiger partial charge is 0.417 e. The average molecular weight is 404 g/mol. The molecule has 1 aromatic heterocycles. The van der Waals surface area contributed by atoms with Crippen LogP contribution in [0, 0.1) is 11.3 Å². The molecule has 1 unspecified atom stereocenters. The van der Waals surface area contributed by atoms with Crippen molar-refractivity contribution in [2.45, 2.75) is 32.0 Å². The molecule has 0 bridgehead atoms. The number of methoxy groups -OCH3 is 1. The summed E-state index contributed by atoms with van der Waals surface area (Å²) in [5, 5.41) is 9.03. The number of hydrogen-bond acceptors (Lipinski definition) is 5. The van der Waals surface area contributed by atoms with Crippen LogP contribution in [0.15, 0.2) is 36.5 Å². The summed E-state index contributed by atoms with van der Waals surface area (Å²) < 4.78 is 45.2. The zero-order valence-electron chi connectivity index (χ0n) is 16.4. The Labute approximate surface area is 168 Å². The van der Waals surface area contributed by atoms with Gasteiger partial charge in [0.05, 0.1) is 36.2 Å². The Morgan fingerprint density at radius 1 is 1.31 bits per heavy atom. The van der Waals surface area contributed by atoms with E-state index in [1.165, 1.54) is 6.07 Å². The second-order valence-electron chi connectivity index (χ2n) is 6.93. The highest BCUT2D eigenvalue weighted by Gasteiger charge is 2.35. The predicted octanol–water partition coefficient (Wildman–Crippen LogP) is 4.48. The van der Waals surface area contributed by atoms with Crippen LogP contribution in [0.5, 0.6) is 5.88 Å². The van der Waals surface area contributed by atoms with Gasteiger partial charge < -0.3 is 14.5 Å². The molecule has 0 aliphatic carbocycles. The molecule has 1 aliphatic rings. The van der Waals surface area contributed by atoms with Crippen molar-refractivity contribution in [1.82, 2.24) is 4.98 Å². The Balaban J connectivity index is 1.85. The number of aromatic nitrogens is 1. The van der Waals surface area contributed by atoms with Crippen LogP contribution < -0.4 is 14.5 Å². The van der Waals surface area contributed by atoms with Crippen molar-refractivity contribution in [2.75, 3.05) is 36.5 Å². The Bertz CT molecular complexity index is 877. The molecular weight excluding hydrogens is 381 g/mol. The maximum Gasteiger partial charge on any atom is 0.417 e. The van der Waals surface area contributed by atoms with E-state index in [2.05, 4.69) is 9.88 Å². The van der Waals surface area contributed by atoms with Gasteiger partial charge in [-0.05, 0) is 44.0 Å². The summed E-state index contributed by atoms with van der Waals surface area (Å²) in [5.74, 6) is 0.537. The number of likely N-dealkylation sites (N-methyl/N-ethyl adjacent to an activating group) is 1. The summed E-state index contributed by atoms with van der Waals surface area (Å²) in [7, 11) is 1.56. The van der Waals surface area contributed by atoms with Crippen molar-refractivity contribution < 1.29 is 17.9 Å². The monoisotopic (exact) mass is 404 g/mol. The fourth-order valence-electron chi connectivity index (χ4n) is 3.82. The molecule has 2 aromatic rings. The van der Waals surface area contributed by atoms with E-state index in [-0.39, 0.29) is 11.6 Å². The molecule has 0 spiro atoms. The van der Waals surface area contributed by atoms with Gasteiger partial charge in [0.1, 0.15) is 0 Å². The molecule has 2 heterocycles. The van der Waals surface area contributed by atoms with E-state index in [0.29, 0.717) is 24.7 Å². The van der Waals surface area contributed by atoms with E-state index in [0.717, 1.165) is 31.1 Å². The fourth-order valence-corrected chi connectivity index (χ4v) is 3.82. The topological polar surface area (TPSA) is 52.4 Å². The Kier molecular flexibility index (Phi) is 6.16. The van der Waals surface area contributed by atoms with Crippen LogP contribution >= 0.6 is 0 Å². The summed E-state index contributed by atoms with van der Waals surface area (Å²) in [4.78, 5) is 8.42. The lowest BCUT2D eigenvalue weighted by Gasteiger charge is -2.41. The number of nitrogens with zero attached hydrogens (tertiary/aromatic N) is 4. The summed E-state index contributed by atoms with van der Waals surface area (Å²) >= 11 is 0. The van der Waals surface area contributed by atoms with Gasteiger partial charge in [-0.2, -0.15) is 18.4 Å². The minimum atomic E-state index is -4.56. The number of hydrogen-bond donors (Lipinski definition) is 0. The lowest BCUT2D eigenvalue weighted by Crippen LogP contribution is -2.48. The number of halogens is 3. The van der Waals surface area contributed by atoms with Gasteiger partial charge in [-0.1, -0.05) is 0 Å². The zero-order chi connectivity index (χ0) is 21.0. The Morgan fingerprint density at radius 3 is 2.69 bits per heavy atom. The molecule has 0 amide bonds. The summed E-state index contributed by atoms with van der Waals surface area (Å²) in [6.07, 6.45) is -1.00. The average Bonchev–Trinajstić information content (AvgIpc) is 2.74. The largest absolute Gasteiger partial charge is 0.481 e. The number of alkyl halides is 3. The molecule has 1 aromatic carbocycles. The minimum absolute atomic E-state index is 0.0601. The van der Waals surface area contributed by atoms with Crippen molar-refractivity contribution in [2.24, 2.45) is 0 Å². The van der Waals surface area contributed by atoms with E-state index >= 15 is 0 Å². The number of rotatable bonds is 5. The highest BCUT2D eigenvalue weighted by Crippen LogP contribution is 2.35. The second-order valence-corrected chi connectivity index (χ2v) is 6.93. The van der Waals surface area contributed by atoms with Crippen molar-refractivity contribution in [3.8, 4) is 11.9 Å². The van der Waals surface area contributed by atoms with Crippen LogP contribution in [0.25, 0.3) is 0 Å². The third-order valence-corrected chi connectivity index (χ3v) is 5.23. The third-order valence-electron chi connectivity index (χ3n) is 5.23. The first kappa shape index (κ1) is 20.8. The summed E-state index contributed by atoms with van der Waals surface area (Å²) in [6, 6.07) is 9.39. The minimum Gasteiger partial charge on any atom is -0.481 e. The van der Waals surface area contributed by atoms with Crippen LogP contribution in [-0.2, 0) is 6.18 Å². The van der Waals surface area contributed by atoms with E-state index in [9.17, 15) is 13.2 Å². The van der Waals surface area contributed by atoms with Gasteiger partial charge in [-0.3, -0.25) is 0 Å². The van der Waals surface area contributed by atoms with Gasteiger partial charge in [0.25, 0.3) is 0 Å². The van der Waals surface area contributed by atoms with Crippen LogP contribution in [0.3, 0.4) is 0 Å². The van der Waals surface area contributed by atoms with E-state index in [4.69, 9.17) is 10.00 Å². The number of piperidine rings is 1. The van der Waals surface area contributed by atoms with Crippen LogP contribution in [0.4, 0.5) is 24.5 Å². The standard InChI is InChI=1S/C21H23F3N4O/c1-3-28(16-7-6-15(12-25)19(11-16)21(22,23)24)18-5-4-10-27(14-18)17-8-9-20(29-2)26-13-17/h6-9,11,13,18H,3-5,10,14H2,1-2H3. The highest BCUT2D eigenvalue weighted by molar-refractivity contribution is 5.56. The lowest BCUT2D eigenvalue weighted by molar-refractivity contribution is -0.137. The number of nitriles is 1. The molecule has 3 rings (SSSR count). The lowest BCUT2D eigenvalue weighted by atomic mass is 10.0. The van der Waals surface area contributed by atoms with Gasteiger partial charge in [0.15, 0.2) is 0 Å². The number of benzene rings is 1. The molecule has 0 saturated carbocycles. The van der Waals surface area contributed by atoms with Crippen molar-refractivity contribution >= 4 is 11.4 Å². The Morgan fingerprint density at radius 2 is 2.10 bits per heavy atom. The normalized spacial score (nSPS) is 17.0. The molecule has 154 valence electrons. The molecule has 0 radical (unpaired) electrons. The van der Waals surface area contributed by atoms with E-state index in [1.54, 1.807) is 31.5 Å². The molecule has 1 saturated heterocycles. The van der Waals surface area contributed by atoms with Crippen LogP contribution in [-0.4, -0.2) is 37.8 Å². The molecule has 1 atom stereocenters. The van der Waals surface area contributed by atoms with Crippen molar-refractivity contribution in [1.29, 1.82) is 5.26 Å². The third kappa shape index (κ3) is 4.56. The number of anilines is 2. The predicted molar refractivity (Wildman–Crippen MR) is 105 cm³/mol. The first-order valence-electron chi connectivity index (χ1n) is 9.50. The molecule has 8 heteroatoms. The number of ether oxygens (including phenoxy) is 1. The summed E-state index contributed by atoms with van der Waals surface area (Å²) in [6.45, 7) is 4.05. The maximum absolute atomic E-state index is 13.4. The van der Waals surface area contributed by atoms with Crippen molar-refractivity contribution in [3.63, 3.8) is 0 Å². The van der Waals surface area contributed by atoms with Gasteiger partial charge in [-0.15, -0.1) is 0 Å². The first-order valence-corrected chi connectivity index (χ1v) is 9.50. The van der Waals surface area contributed by atoms with E-state index < -0.39 is 11.7 Å². The molecule has 1 fully saturated rings. The van der Waals surface area contributed by atoms with Crippen LogP contribution in [0.1, 0.15) is 30.9 Å². The molecule has 5 nitrogen and oxygen atoms in total.